The molecule has 0 aromatic heterocycles. The Morgan fingerprint density at radius 1 is 1.50 bits per heavy atom. The summed E-state index contributed by atoms with van der Waals surface area (Å²) in [5, 5.41) is 0. The minimum atomic E-state index is -0.0270. The third-order valence-electron chi connectivity index (χ3n) is 3.10. The van der Waals surface area contributed by atoms with Gasteiger partial charge >= 0.3 is 0 Å². The van der Waals surface area contributed by atoms with Crippen LogP contribution in [-0.2, 0) is 9.53 Å². The number of carbonyl (C=O) groups is 1. The molecule has 0 radical (unpaired) electrons. The van der Waals surface area contributed by atoms with Crippen LogP contribution in [0.15, 0.2) is 24.3 Å². The number of hydrogen-bond donors (Lipinski definition) is 0. The first kappa shape index (κ1) is 11.1. The molecular formula is C13H16O3. The highest BCUT2D eigenvalue weighted by molar-refractivity contribution is 5.56. The number of rotatable bonds is 3. The summed E-state index contributed by atoms with van der Waals surface area (Å²) < 4.78 is 10.5. The third-order valence-corrected chi connectivity index (χ3v) is 3.10. The van der Waals surface area contributed by atoms with E-state index in [1.54, 1.807) is 7.11 Å². The Labute approximate surface area is 95.4 Å². The van der Waals surface area contributed by atoms with Crippen molar-refractivity contribution >= 4 is 6.29 Å². The zero-order valence-electron chi connectivity index (χ0n) is 9.39. The van der Waals surface area contributed by atoms with E-state index in [1.165, 1.54) is 5.56 Å². The summed E-state index contributed by atoms with van der Waals surface area (Å²) in [6.07, 6.45) is 1.90. The predicted octanol–water partition coefficient (Wildman–Crippen LogP) is 2.01. The van der Waals surface area contributed by atoms with Gasteiger partial charge < -0.3 is 14.3 Å². The number of carbonyl (C=O) groups excluding carboxylic acids is 1. The van der Waals surface area contributed by atoms with Gasteiger partial charge in [0, 0.05) is 12.5 Å². The molecule has 0 spiro atoms. The van der Waals surface area contributed by atoms with Gasteiger partial charge in [0.25, 0.3) is 0 Å². The smallest absolute Gasteiger partial charge is 0.125 e. The molecule has 2 unspecified atom stereocenters. The summed E-state index contributed by atoms with van der Waals surface area (Å²) in [4.78, 5) is 11.0. The van der Waals surface area contributed by atoms with E-state index in [0.29, 0.717) is 6.61 Å². The molecule has 1 saturated heterocycles. The molecule has 2 rings (SSSR count). The average molecular weight is 220 g/mol. The van der Waals surface area contributed by atoms with Crippen LogP contribution in [0.2, 0.25) is 0 Å². The van der Waals surface area contributed by atoms with E-state index in [-0.39, 0.29) is 11.8 Å². The molecule has 1 aliphatic rings. The number of aldehydes is 1. The first-order valence-corrected chi connectivity index (χ1v) is 5.52. The molecule has 2 atom stereocenters. The summed E-state index contributed by atoms with van der Waals surface area (Å²) in [6.45, 7) is 1.26. The maximum atomic E-state index is 11.0. The zero-order valence-corrected chi connectivity index (χ0v) is 9.39. The fraction of sp³-hybridized carbons (Fsp3) is 0.462. The second kappa shape index (κ2) is 5.12. The van der Waals surface area contributed by atoms with Gasteiger partial charge in [-0.15, -0.1) is 0 Å². The van der Waals surface area contributed by atoms with E-state index in [1.807, 2.05) is 18.2 Å². The van der Waals surface area contributed by atoms with E-state index in [9.17, 15) is 4.79 Å². The molecule has 86 valence electrons. The lowest BCUT2D eigenvalue weighted by atomic mass is 9.83. The highest BCUT2D eigenvalue weighted by atomic mass is 16.5. The second-order valence-corrected chi connectivity index (χ2v) is 4.05. The maximum absolute atomic E-state index is 11.0. The molecule has 3 nitrogen and oxygen atoms in total. The average Bonchev–Trinajstić information content (AvgIpc) is 2.38. The van der Waals surface area contributed by atoms with E-state index in [4.69, 9.17) is 9.47 Å². The van der Waals surface area contributed by atoms with Crippen LogP contribution in [0.4, 0.5) is 0 Å². The molecule has 0 amide bonds. The molecule has 3 heteroatoms. The first-order chi connectivity index (χ1) is 7.85. The Balaban J connectivity index is 2.23. The van der Waals surface area contributed by atoms with Crippen molar-refractivity contribution in [3.05, 3.63) is 29.8 Å². The van der Waals surface area contributed by atoms with Crippen LogP contribution in [-0.4, -0.2) is 26.6 Å². The van der Waals surface area contributed by atoms with E-state index < -0.39 is 0 Å². The Morgan fingerprint density at radius 2 is 2.38 bits per heavy atom. The van der Waals surface area contributed by atoms with Gasteiger partial charge in [-0.25, -0.2) is 0 Å². The summed E-state index contributed by atoms with van der Waals surface area (Å²) in [5.74, 6) is 1.08. The molecule has 1 aliphatic heterocycles. The van der Waals surface area contributed by atoms with Gasteiger partial charge in [0.2, 0.25) is 0 Å². The number of ether oxygens (including phenoxy) is 2. The van der Waals surface area contributed by atoms with Gasteiger partial charge in [-0.3, -0.25) is 0 Å². The van der Waals surface area contributed by atoms with E-state index in [2.05, 4.69) is 6.07 Å². The fourth-order valence-corrected chi connectivity index (χ4v) is 2.18. The molecule has 1 aromatic carbocycles. The Morgan fingerprint density at radius 3 is 3.12 bits per heavy atom. The zero-order chi connectivity index (χ0) is 11.4. The normalized spacial score (nSPS) is 25.1. The van der Waals surface area contributed by atoms with Crippen molar-refractivity contribution in [3.8, 4) is 5.75 Å². The second-order valence-electron chi connectivity index (χ2n) is 4.05. The number of methoxy groups -OCH3 is 1. The standard InChI is InChI=1S/C13H16O3/c1-15-12-4-2-3-10(7-12)13-5-6-16-9-11(13)8-14/h2-4,7-8,11,13H,5-6,9H2,1H3. The highest BCUT2D eigenvalue weighted by Crippen LogP contribution is 2.32. The lowest BCUT2D eigenvalue weighted by Crippen LogP contribution is -2.26. The summed E-state index contributed by atoms with van der Waals surface area (Å²) in [5.41, 5.74) is 1.17. The Kier molecular flexibility index (Phi) is 3.57. The molecule has 0 bridgehead atoms. The van der Waals surface area contributed by atoms with Crippen LogP contribution in [0.3, 0.4) is 0 Å². The lowest BCUT2D eigenvalue weighted by Gasteiger charge is -2.28. The maximum Gasteiger partial charge on any atom is 0.125 e. The van der Waals surface area contributed by atoms with Crippen molar-refractivity contribution in [1.29, 1.82) is 0 Å². The highest BCUT2D eigenvalue weighted by Gasteiger charge is 2.26. The lowest BCUT2D eigenvalue weighted by molar-refractivity contribution is -0.115. The van der Waals surface area contributed by atoms with Gasteiger partial charge in [0.1, 0.15) is 12.0 Å². The van der Waals surface area contributed by atoms with Crippen molar-refractivity contribution in [2.24, 2.45) is 5.92 Å². The molecule has 1 heterocycles. The van der Waals surface area contributed by atoms with Crippen LogP contribution in [0.25, 0.3) is 0 Å². The molecular weight excluding hydrogens is 204 g/mol. The van der Waals surface area contributed by atoms with Crippen molar-refractivity contribution in [3.63, 3.8) is 0 Å². The molecule has 1 aromatic rings. The number of hydrogen-bond acceptors (Lipinski definition) is 3. The van der Waals surface area contributed by atoms with Crippen molar-refractivity contribution in [2.75, 3.05) is 20.3 Å². The van der Waals surface area contributed by atoms with Crippen LogP contribution in [0.5, 0.6) is 5.75 Å². The molecule has 1 fully saturated rings. The Bertz CT molecular complexity index is 362. The van der Waals surface area contributed by atoms with Gasteiger partial charge in [-0.05, 0) is 30.0 Å². The van der Waals surface area contributed by atoms with Crippen LogP contribution in [0.1, 0.15) is 17.9 Å². The summed E-state index contributed by atoms with van der Waals surface area (Å²) in [7, 11) is 1.65. The SMILES string of the molecule is COc1cccc(C2CCOCC2C=O)c1. The summed E-state index contributed by atoms with van der Waals surface area (Å²) >= 11 is 0. The molecule has 0 aliphatic carbocycles. The monoisotopic (exact) mass is 220 g/mol. The first-order valence-electron chi connectivity index (χ1n) is 5.52. The number of benzene rings is 1. The topological polar surface area (TPSA) is 35.5 Å². The van der Waals surface area contributed by atoms with Crippen LogP contribution in [0, 0.1) is 5.92 Å². The van der Waals surface area contributed by atoms with Crippen molar-refractivity contribution < 1.29 is 14.3 Å². The molecule has 0 N–H and O–H groups in total. The van der Waals surface area contributed by atoms with Gasteiger partial charge in [-0.1, -0.05) is 12.1 Å². The van der Waals surface area contributed by atoms with Crippen molar-refractivity contribution in [1.82, 2.24) is 0 Å². The van der Waals surface area contributed by atoms with Crippen LogP contribution < -0.4 is 4.74 Å². The van der Waals surface area contributed by atoms with Gasteiger partial charge in [0.05, 0.1) is 13.7 Å². The molecule has 16 heavy (non-hydrogen) atoms. The van der Waals surface area contributed by atoms with Gasteiger partial charge in [-0.2, -0.15) is 0 Å². The van der Waals surface area contributed by atoms with Crippen LogP contribution >= 0.6 is 0 Å². The fourth-order valence-electron chi connectivity index (χ4n) is 2.18. The largest absolute Gasteiger partial charge is 0.497 e. The third kappa shape index (κ3) is 2.25. The molecule has 0 saturated carbocycles. The van der Waals surface area contributed by atoms with E-state index >= 15 is 0 Å². The Hall–Kier alpha value is -1.35. The van der Waals surface area contributed by atoms with E-state index in [0.717, 1.165) is 25.1 Å². The minimum Gasteiger partial charge on any atom is -0.497 e. The predicted molar refractivity (Wildman–Crippen MR) is 60.7 cm³/mol. The quantitative estimate of drug-likeness (QED) is 0.731. The summed E-state index contributed by atoms with van der Waals surface area (Å²) in [6, 6.07) is 7.94. The minimum absolute atomic E-state index is 0.0270. The van der Waals surface area contributed by atoms with Gasteiger partial charge in [0.15, 0.2) is 0 Å². The van der Waals surface area contributed by atoms with Crippen molar-refractivity contribution in [2.45, 2.75) is 12.3 Å².